The van der Waals surface area contributed by atoms with Gasteiger partial charge < -0.3 is 10.1 Å². The molecule has 1 aromatic heterocycles. The fraction of sp³-hybridized carbons (Fsp3) is 0. The topological polar surface area (TPSA) is 82.2 Å². The van der Waals surface area contributed by atoms with Crippen LogP contribution in [0.4, 0.5) is 0 Å². The standard InChI is InChI=1S/C26H16N2O3/c29-15-10-11-20-19(12-15)22-21(27-20)13-18(23-24(22)26(31)28-25(23)30)17-9-5-4-8-16(17)14-6-2-1-3-7-14/h1-13,27,29H,(H,28,30,31). The number of fused-ring (bicyclic) bond motifs is 5. The molecule has 5 nitrogen and oxygen atoms in total. The van der Waals surface area contributed by atoms with Gasteiger partial charge >= 0.3 is 0 Å². The second-order valence-electron chi connectivity index (χ2n) is 7.65. The monoisotopic (exact) mass is 404 g/mol. The van der Waals surface area contributed by atoms with E-state index in [0.717, 1.165) is 27.7 Å². The first-order valence-corrected chi connectivity index (χ1v) is 9.94. The highest BCUT2D eigenvalue weighted by Crippen LogP contribution is 2.42. The molecule has 5 aromatic rings. The SMILES string of the molecule is O=C1NC(=O)c2c1c(-c1ccccc1-c1ccccc1)cc1[nH]c3ccc(O)cc3c21. The molecular weight excluding hydrogens is 388 g/mol. The van der Waals surface area contributed by atoms with Gasteiger partial charge in [0.05, 0.1) is 11.1 Å². The van der Waals surface area contributed by atoms with Crippen molar-refractivity contribution in [1.82, 2.24) is 10.3 Å². The first-order valence-electron chi connectivity index (χ1n) is 9.94. The Morgan fingerprint density at radius 3 is 2.16 bits per heavy atom. The molecule has 1 aliphatic rings. The number of carbonyl (C=O) groups excluding carboxylic acids is 2. The normalized spacial score (nSPS) is 13.0. The van der Waals surface area contributed by atoms with Crippen LogP contribution in [0.5, 0.6) is 5.75 Å². The smallest absolute Gasteiger partial charge is 0.259 e. The van der Waals surface area contributed by atoms with Gasteiger partial charge in [-0.3, -0.25) is 14.9 Å². The summed E-state index contributed by atoms with van der Waals surface area (Å²) in [5, 5.41) is 13.8. The Hall–Kier alpha value is -4.38. The van der Waals surface area contributed by atoms with Crippen molar-refractivity contribution in [3.63, 3.8) is 0 Å². The van der Waals surface area contributed by atoms with E-state index in [2.05, 4.69) is 10.3 Å². The lowest BCUT2D eigenvalue weighted by molar-refractivity contribution is 0.0880. The molecule has 0 radical (unpaired) electrons. The van der Waals surface area contributed by atoms with Crippen LogP contribution in [0.25, 0.3) is 44.1 Å². The number of phenolic OH excluding ortho intramolecular Hbond substituents is 1. The van der Waals surface area contributed by atoms with Crippen LogP contribution >= 0.6 is 0 Å². The van der Waals surface area contributed by atoms with E-state index >= 15 is 0 Å². The summed E-state index contributed by atoms with van der Waals surface area (Å²) < 4.78 is 0. The van der Waals surface area contributed by atoms with E-state index in [4.69, 9.17) is 0 Å². The van der Waals surface area contributed by atoms with Crippen molar-refractivity contribution in [2.45, 2.75) is 0 Å². The number of benzene rings is 4. The molecule has 6 rings (SSSR count). The highest BCUT2D eigenvalue weighted by atomic mass is 16.3. The van der Waals surface area contributed by atoms with Crippen molar-refractivity contribution in [3.05, 3.63) is 90.0 Å². The van der Waals surface area contributed by atoms with E-state index in [1.807, 2.05) is 60.7 Å². The van der Waals surface area contributed by atoms with Gasteiger partial charge in [-0.25, -0.2) is 0 Å². The van der Waals surface area contributed by atoms with Crippen molar-refractivity contribution in [2.75, 3.05) is 0 Å². The number of rotatable bonds is 2. The van der Waals surface area contributed by atoms with Gasteiger partial charge in [-0.1, -0.05) is 54.6 Å². The van der Waals surface area contributed by atoms with E-state index in [9.17, 15) is 14.7 Å². The van der Waals surface area contributed by atoms with E-state index < -0.39 is 11.8 Å². The van der Waals surface area contributed by atoms with Gasteiger partial charge in [0.2, 0.25) is 0 Å². The van der Waals surface area contributed by atoms with Crippen LogP contribution < -0.4 is 5.32 Å². The average Bonchev–Trinajstić information content (AvgIpc) is 3.30. The zero-order chi connectivity index (χ0) is 21.1. The maximum atomic E-state index is 12.9. The average molecular weight is 404 g/mol. The van der Waals surface area contributed by atoms with E-state index in [-0.39, 0.29) is 5.75 Å². The van der Waals surface area contributed by atoms with Crippen molar-refractivity contribution in [2.24, 2.45) is 0 Å². The maximum Gasteiger partial charge on any atom is 0.259 e. The minimum absolute atomic E-state index is 0.102. The minimum Gasteiger partial charge on any atom is -0.508 e. The maximum absolute atomic E-state index is 12.9. The second kappa shape index (κ2) is 6.31. The quantitative estimate of drug-likeness (QED) is 0.352. The highest BCUT2D eigenvalue weighted by molar-refractivity contribution is 6.32. The summed E-state index contributed by atoms with van der Waals surface area (Å²) in [6.45, 7) is 0. The van der Waals surface area contributed by atoms with Gasteiger partial charge in [-0.2, -0.15) is 0 Å². The Labute approximate surface area is 177 Å². The molecule has 3 N–H and O–H groups in total. The van der Waals surface area contributed by atoms with Gasteiger partial charge in [-0.15, -0.1) is 0 Å². The molecule has 0 fully saturated rings. The van der Waals surface area contributed by atoms with Gasteiger partial charge in [0.1, 0.15) is 5.75 Å². The number of aromatic nitrogens is 1. The fourth-order valence-electron chi connectivity index (χ4n) is 4.55. The summed E-state index contributed by atoms with van der Waals surface area (Å²) in [5.74, 6) is -0.729. The number of aromatic amines is 1. The molecular formula is C26H16N2O3. The number of aromatic hydroxyl groups is 1. The molecule has 148 valence electrons. The molecule has 2 amide bonds. The first-order chi connectivity index (χ1) is 15.1. The number of carbonyl (C=O) groups is 2. The molecule has 1 aliphatic heterocycles. The Bertz CT molecular complexity index is 1550. The van der Waals surface area contributed by atoms with Crippen LogP contribution in [0.1, 0.15) is 20.7 Å². The van der Waals surface area contributed by atoms with E-state index in [1.165, 1.54) is 0 Å². The van der Waals surface area contributed by atoms with Crippen molar-refractivity contribution < 1.29 is 14.7 Å². The lowest BCUT2D eigenvalue weighted by Crippen LogP contribution is -2.20. The van der Waals surface area contributed by atoms with Gasteiger partial charge in [0.25, 0.3) is 11.8 Å². The Morgan fingerprint density at radius 2 is 1.35 bits per heavy atom. The van der Waals surface area contributed by atoms with Crippen LogP contribution in [0, 0.1) is 0 Å². The number of nitrogens with one attached hydrogen (secondary N) is 2. The van der Waals surface area contributed by atoms with Crippen molar-refractivity contribution >= 4 is 33.6 Å². The molecule has 0 spiro atoms. The predicted molar refractivity (Wildman–Crippen MR) is 120 cm³/mol. The summed E-state index contributed by atoms with van der Waals surface area (Å²) in [7, 11) is 0. The number of H-pyrrole nitrogens is 1. The van der Waals surface area contributed by atoms with Crippen LogP contribution in [-0.4, -0.2) is 21.9 Å². The predicted octanol–water partition coefficient (Wildman–Crippen LogP) is 5.24. The largest absolute Gasteiger partial charge is 0.508 e. The van der Waals surface area contributed by atoms with E-state index in [0.29, 0.717) is 27.5 Å². The number of amides is 2. The third kappa shape index (κ3) is 2.50. The minimum atomic E-state index is -0.423. The first kappa shape index (κ1) is 17.5. The summed E-state index contributed by atoms with van der Waals surface area (Å²) in [4.78, 5) is 29.1. The van der Waals surface area contributed by atoms with Crippen LogP contribution in [0.15, 0.2) is 78.9 Å². The zero-order valence-electron chi connectivity index (χ0n) is 16.3. The highest BCUT2D eigenvalue weighted by Gasteiger charge is 2.34. The number of phenols is 1. The van der Waals surface area contributed by atoms with Crippen molar-refractivity contribution in [3.8, 4) is 28.0 Å². The Balaban J connectivity index is 1.75. The lowest BCUT2D eigenvalue weighted by atomic mass is 9.88. The number of hydrogen-bond donors (Lipinski definition) is 3. The molecule has 0 unspecified atom stereocenters. The molecule has 4 aromatic carbocycles. The molecule has 0 atom stereocenters. The Kier molecular flexibility index (Phi) is 3.56. The van der Waals surface area contributed by atoms with Gasteiger partial charge in [0.15, 0.2) is 0 Å². The van der Waals surface area contributed by atoms with Crippen LogP contribution in [0.3, 0.4) is 0 Å². The molecule has 0 aliphatic carbocycles. The van der Waals surface area contributed by atoms with Gasteiger partial charge in [0, 0.05) is 21.8 Å². The fourth-order valence-corrected chi connectivity index (χ4v) is 4.55. The molecule has 31 heavy (non-hydrogen) atoms. The van der Waals surface area contributed by atoms with Gasteiger partial charge in [-0.05, 0) is 46.5 Å². The molecule has 2 heterocycles. The zero-order valence-corrected chi connectivity index (χ0v) is 16.3. The third-order valence-electron chi connectivity index (χ3n) is 5.85. The Morgan fingerprint density at radius 1 is 0.645 bits per heavy atom. The third-order valence-corrected chi connectivity index (χ3v) is 5.85. The molecule has 0 saturated carbocycles. The number of imide groups is 1. The second-order valence-corrected chi connectivity index (χ2v) is 7.65. The summed E-state index contributed by atoms with van der Waals surface area (Å²) in [6.07, 6.45) is 0. The molecule has 0 bridgehead atoms. The molecule has 0 saturated heterocycles. The molecule has 5 heteroatoms. The van der Waals surface area contributed by atoms with Crippen LogP contribution in [0.2, 0.25) is 0 Å². The summed E-state index contributed by atoms with van der Waals surface area (Å²) >= 11 is 0. The summed E-state index contributed by atoms with van der Waals surface area (Å²) in [5.41, 5.74) is 5.81. The summed E-state index contributed by atoms with van der Waals surface area (Å²) in [6, 6.07) is 24.7. The number of hydrogen-bond acceptors (Lipinski definition) is 3. The van der Waals surface area contributed by atoms with E-state index in [1.54, 1.807) is 18.2 Å². The van der Waals surface area contributed by atoms with Crippen molar-refractivity contribution in [1.29, 1.82) is 0 Å². The van der Waals surface area contributed by atoms with Crippen LogP contribution in [-0.2, 0) is 0 Å². The lowest BCUT2D eigenvalue weighted by Gasteiger charge is -2.13.